The van der Waals surface area contributed by atoms with E-state index < -0.39 is 17.7 Å². The Morgan fingerprint density at radius 3 is 2.78 bits per heavy atom. The molecule has 2 aliphatic heterocycles. The van der Waals surface area contributed by atoms with Crippen molar-refractivity contribution in [2.45, 2.75) is 70.3 Å². The summed E-state index contributed by atoms with van der Waals surface area (Å²) in [5.41, 5.74) is 2.80. The normalized spacial score (nSPS) is 22.7. The van der Waals surface area contributed by atoms with E-state index in [-0.39, 0.29) is 54.6 Å². The van der Waals surface area contributed by atoms with Crippen LogP contribution in [0, 0.1) is 12.7 Å². The summed E-state index contributed by atoms with van der Waals surface area (Å²) in [5, 5.41) is 31.7. The Kier molecular flexibility index (Phi) is 5.13. The van der Waals surface area contributed by atoms with E-state index in [1.165, 1.54) is 6.07 Å². The second-order valence-corrected chi connectivity index (χ2v) is 10.1. The third kappa shape index (κ3) is 2.99. The molecule has 0 amide bonds. The van der Waals surface area contributed by atoms with Crippen molar-refractivity contribution in [3.8, 4) is 11.4 Å². The van der Waals surface area contributed by atoms with Gasteiger partial charge in [0, 0.05) is 22.6 Å². The summed E-state index contributed by atoms with van der Waals surface area (Å²) < 4.78 is 21.6. The zero-order valence-corrected chi connectivity index (χ0v) is 20.1. The Bertz CT molecular complexity index is 1530. The van der Waals surface area contributed by atoms with Crippen molar-refractivity contribution < 1.29 is 29.2 Å². The molecule has 0 unspecified atom stereocenters. The van der Waals surface area contributed by atoms with Gasteiger partial charge in [0.1, 0.15) is 12.4 Å². The number of aryl methyl sites for hydroxylation is 1. The number of fused-ring (bicyclic) bond motifs is 5. The van der Waals surface area contributed by atoms with Gasteiger partial charge < -0.3 is 24.6 Å². The Morgan fingerprint density at radius 1 is 1.28 bits per heavy atom. The molecule has 6 rings (SSSR count). The van der Waals surface area contributed by atoms with Crippen molar-refractivity contribution in [3.05, 3.63) is 61.7 Å². The zero-order chi connectivity index (χ0) is 25.5. The molecule has 4 heterocycles. The maximum atomic E-state index is 14.9. The number of ether oxygens (including phenoxy) is 1. The largest absolute Gasteiger partial charge is 0.458 e. The number of nitrogens with zero attached hydrogens (tertiary/aromatic N) is 2. The second kappa shape index (κ2) is 7.93. The van der Waals surface area contributed by atoms with Crippen LogP contribution in [0.15, 0.2) is 16.9 Å². The number of aliphatic hydroxyl groups excluding tert-OH is 2. The van der Waals surface area contributed by atoms with Crippen LogP contribution in [0.3, 0.4) is 0 Å². The van der Waals surface area contributed by atoms with Gasteiger partial charge in [0.25, 0.3) is 5.56 Å². The molecule has 8 nitrogen and oxygen atoms in total. The van der Waals surface area contributed by atoms with E-state index >= 15 is 0 Å². The van der Waals surface area contributed by atoms with E-state index in [4.69, 9.17) is 9.72 Å². The van der Waals surface area contributed by atoms with Crippen LogP contribution in [-0.2, 0) is 34.7 Å². The number of hydrogen-bond acceptors (Lipinski definition) is 7. The highest BCUT2D eigenvalue weighted by Gasteiger charge is 2.46. The molecule has 3 N–H and O–H groups in total. The first-order valence-electron chi connectivity index (χ1n) is 12.3. The van der Waals surface area contributed by atoms with E-state index in [2.05, 4.69) is 0 Å². The average Bonchev–Trinajstić information content (AvgIpc) is 3.24. The number of aromatic nitrogens is 2. The quantitative estimate of drug-likeness (QED) is 0.372. The van der Waals surface area contributed by atoms with Crippen molar-refractivity contribution in [3.63, 3.8) is 0 Å². The van der Waals surface area contributed by atoms with Gasteiger partial charge in [-0.25, -0.2) is 14.2 Å². The number of carbonyl (C=O) groups excluding carboxylic acids is 1. The minimum absolute atomic E-state index is 0.0416. The highest BCUT2D eigenvalue weighted by atomic mass is 19.1. The number of cyclic esters (lactones) is 1. The van der Waals surface area contributed by atoms with Crippen molar-refractivity contribution in [1.82, 2.24) is 9.55 Å². The lowest BCUT2D eigenvalue weighted by Crippen LogP contribution is -2.44. The number of esters is 1. The van der Waals surface area contributed by atoms with Crippen LogP contribution in [0.5, 0.6) is 0 Å². The van der Waals surface area contributed by atoms with Gasteiger partial charge in [0.2, 0.25) is 0 Å². The fraction of sp³-hybridized carbons (Fsp3) is 0.444. The molecule has 188 valence electrons. The van der Waals surface area contributed by atoms with Crippen LogP contribution in [0.1, 0.15) is 65.5 Å². The van der Waals surface area contributed by atoms with E-state index in [1.807, 2.05) is 0 Å². The Labute approximate surface area is 206 Å². The van der Waals surface area contributed by atoms with Gasteiger partial charge in [-0.15, -0.1) is 0 Å². The Morgan fingerprint density at radius 2 is 2.06 bits per heavy atom. The third-order valence-corrected chi connectivity index (χ3v) is 8.26. The Hall–Kier alpha value is -3.14. The molecule has 2 aromatic heterocycles. The molecule has 0 saturated heterocycles. The number of halogens is 1. The van der Waals surface area contributed by atoms with Crippen molar-refractivity contribution in [2.24, 2.45) is 0 Å². The standard InChI is InChI=1S/C27H27FN2O6/c1-3-27(35)18-7-21-24-16(9-30(21)25(33)17(18)11-36-26(27)34)22-13(6-14(32)10-31)4-5-15-12(2)19(28)8-20(29-24)23(15)22/h7-8,13-14,31-32,35H,3-6,9-11H2,1-2H3/t13-,14+,27+/m1/s1. The molecule has 0 spiro atoms. The molecule has 3 aliphatic rings. The van der Waals surface area contributed by atoms with Gasteiger partial charge in [-0.1, -0.05) is 6.92 Å². The minimum atomic E-state index is -1.93. The summed E-state index contributed by atoms with van der Waals surface area (Å²) in [5.74, 6) is -1.25. The van der Waals surface area contributed by atoms with Gasteiger partial charge in [-0.3, -0.25) is 4.79 Å². The van der Waals surface area contributed by atoms with Gasteiger partial charge >= 0.3 is 5.97 Å². The summed E-state index contributed by atoms with van der Waals surface area (Å²) >= 11 is 0. The van der Waals surface area contributed by atoms with E-state index in [0.717, 1.165) is 22.1 Å². The molecular weight excluding hydrogens is 467 g/mol. The number of hydrogen-bond donors (Lipinski definition) is 3. The topological polar surface area (TPSA) is 122 Å². The highest BCUT2D eigenvalue weighted by Crippen LogP contribution is 2.47. The molecule has 0 saturated carbocycles. The van der Waals surface area contributed by atoms with Crippen LogP contribution >= 0.6 is 0 Å². The first-order chi connectivity index (χ1) is 17.2. The van der Waals surface area contributed by atoms with E-state index in [0.29, 0.717) is 41.7 Å². The molecule has 3 aromatic rings. The summed E-state index contributed by atoms with van der Waals surface area (Å²) in [6.45, 7) is 3.05. The number of benzene rings is 1. The SMILES string of the molecule is CC[C@@]1(O)C(=O)OCc2c1cc1n(c2=O)Cc2c-1nc1cc(F)c(C)c3c1c2[C@@H](C[C@H](O)CO)CC3. The molecule has 0 bridgehead atoms. The van der Waals surface area contributed by atoms with Crippen LogP contribution in [0.2, 0.25) is 0 Å². The van der Waals surface area contributed by atoms with E-state index in [1.54, 1.807) is 24.5 Å². The lowest BCUT2D eigenvalue weighted by Gasteiger charge is -2.31. The molecule has 3 atom stereocenters. The lowest BCUT2D eigenvalue weighted by atomic mass is 9.76. The number of rotatable bonds is 4. The van der Waals surface area contributed by atoms with Crippen molar-refractivity contribution >= 4 is 16.9 Å². The van der Waals surface area contributed by atoms with Gasteiger partial charge in [0.05, 0.1) is 41.7 Å². The van der Waals surface area contributed by atoms with Crippen molar-refractivity contribution in [1.29, 1.82) is 0 Å². The smallest absolute Gasteiger partial charge is 0.343 e. The second-order valence-electron chi connectivity index (χ2n) is 10.1. The molecule has 0 radical (unpaired) electrons. The van der Waals surface area contributed by atoms with Crippen molar-refractivity contribution in [2.75, 3.05) is 6.61 Å². The summed E-state index contributed by atoms with van der Waals surface area (Å²) in [7, 11) is 0. The summed E-state index contributed by atoms with van der Waals surface area (Å²) in [4.78, 5) is 30.8. The predicted octanol–water partition coefficient (Wildman–Crippen LogP) is 2.30. The first kappa shape index (κ1) is 23.3. The number of pyridine rings is 2. The maximum absolute atomic E-state index is 14.9. The Balaban J connectivity index is 1.66. The van der Waals surface area contributed by atoms with Gasteiger partial charge in [-0.2, -0.15) is 0 Å². The van der Waals surface area contributed by atoms with Crippen LogP contribution in [0.25, 0.3) is 22.3 Å². The fourth-order valence-corrected chi connectivity index (χ4v) is 6.29. The molecule has 9 heteroatoms. The summed E-state index contributed by atoms with van der Waals surface area (Å²) in [6, 6.07) is 3.05. The predicted molar refractivity (Wildman–Crippen MR) is 128 cm³/mol. The fourth-order valence-electron chi connectivity index (χ4n) is 6.29. The maximum Gasteiger partial charge on any atom is 0.343 e. The van der Waals surface area contributed by atoms with Gasteiger partial charge in [0.15, 0.2) is 5.60 Å². The molecule has 1 aromatic carbocycles. The van der Waals surface area contributed by atoms with E-state index in [9.17, 15) is 29.3 Å². The highest BCUT2D eigenvalue weighted by molar-refractivity contribution is 5.93. The van der Waals surface area contributed by atoms with Crippen LogP contribution in [0.4, 0.5) is 4.39 Å². The third-order valence-electron chi connectivity index (χ3n) is 8.26. The van der Waals surface area contributed by atoms with Crippen LogP contribution in [-0.4, -0.2) is 43.6 Å². The number of aliphatic hydroxyl groups is 3. The van der Waals surface area contributed by atoms with Gasteiger partial charge in [-0.05, 0) is 61.3 Å². The van der Waals surface area contributed by atoms with Crippen LogP contribution < -0.4 is 5.56 Å². The zero-order valence-electron chi connectivity index (χ0n) is 20.1. The molecular formula is C27H27FN2O6. The molecule has 1 aliphatic carbocycles. The summed E-state index contributed by atoms with van der Waals surface area (Å²) in [6.07, 6.45) is 0.760. The lowest BCUT2D eigenvalue weighted by molar-refractivity contribution is -0.172. The minimum Gasteiger partial charge on any atom is -0.458 e. The molecule has 36 heavy (non-hydrogen) atoms. The average molecular weight is 495 g/mol. The first-order valence-corrected chi connectivity index (χ1v) is 12.3. The molecule has 0 fully saturated rings. The number of carbonyl (C=O) groups is 1. The monoisotopic (exact) mass is 494 g/mol.